The Balaban J connectivity index is 1.71. The SMILES string of the molecule is FC(F)C(F)(F)CN1CCN(C[C@@H]2CC=CCC2)CC1. The van der Waals surface area contributed by atoms with Crippen molar-refractivity contribution in [2.45, 2.75) is 31.6 Å². The zero-order valence-electron chi connectivity index (χ0n) is 11.6. The van der Waals surface area contributed by atoms with Gasteiger partial charge in [-0.2, -0.15) is 8.78 Å². The molecule has 0 unspecified atom stereocenters. The minimum atomic E-state index is -3.89. The highest BCUT2D eigenvalue weighted by Crippen LogP contribution is 2.25. The van der Waals surface area contributed by atoms with E-state index in [1.54, 1.807) is 0 Å². The van der Waals surface area contributed by atoms with Crippen molar-refractivity contribution in [3.8, 4) is 0 Å². The van der Waals surface area contributed by atoms with Crippen molar-refractivity contribution in [2.24, 2.45) is 5.92 Å². The molecule has 0 N–H and O–H groups in total. The normalized spacial score (nSPS) is 26.4. The highest BCUT2D eigenvalue weighted by atomic mass is 19.3. The predicted molar refractivity (Wildman–Crippen MR) is 70.3 cm³/mol. The molecule has 1 heterocycles. The molecule has 0 amide bonds. The average molecular weight is 294 g/mol. The summed E-state index contributed by atoms with van der Waals surface area (Å²) in [6.45, 7) is 2.45. The van der Waals surface area contributed by atoms with Crippen LogP contribution in [0.1, 0.15) is 19.3 Å². The molecule has 0 radical (unpaired) electrons. The van der Waals surface area contributed by atoms with E-state index in [-0.39, 0.29) is 0 Å². The van der Waals surface area contributed by atoms with Crippen LogP contribution in [0, 0.1) is 5.92 Å². The van der Waals surface area contributed by atoms with Gasteiger partial charge in [-0.05, 0) is 25.2 Å². The molecule has 2 nitrogen and oxygen atoms in total. The Morgan fingerprint density at radius 3 is 2.25 bits per heavy atom. The molecule has 0 aromatic carbocycles. The standard InChI is InChI=1S/C14H22F4N2/c15-13(16)14(17,18)11-20-8-6-19(7-9-20)10-12-4-2-1-3-5-12/h1-2,12-13H,3-11H2/t12-/m1/s1. The fraction of sp³-hybridized carbons (Fsp3) is 0.857. The maximum atomic E-state index is 13.0. The number of allylic oxidation sites excluding steroid dienone is 2. The Bertz CT molecular complexity index is 325. The minimum Gasteiger partial charge on any atom is -0.301 e. The molecule has 6 heteroatoms. The van der Waals surface area contributed by atoms with Crippen molar-refractivity contribution in [1.82, 2.24) is 9.80 Å². The number of alkyl halides is 4. The first-order valence-corrected chi connectivity index (χ1v) is 7.23. The van der Waals surface area contributed by atoms with Crippen LogP contribution in [-0.4, -0.2) is 61.4 Å². The van der Waals surface area contributed by atoms with E-state index >= 15 is 0 Å². The summed E-state index contributed by atoms with van der Waals surface area (Å²) in [5.41, 5.74) is 0. The summed E-state index contributed by atoms with van der Waals surface area (Å²) in [6.07, 6.45) is 4.21. The molecule has 0 saturated carbocycles. The van der Waals surface area contributed by atoms with Crippen LogP contribution < -0.4 is 0 Å². The first-order chi connectivity index (χ1) is 9.47. The number of rotatable bonds is 5. The van der Waals surface area contributed by atoms with Crippen LogP contribution in [0.15, 0.2) is 12.2 Å². The average Bonchev–Trinajstić information content (AvgIpc) is 2.42. The second kappa shape index (κ2) is 6.89. The highest BCUT2D eigenvalue weighted by molar-refractivity contribution is 4.91. The van der Waals surface area contributed by atoms with Crippen LogP contribution in [0.25, 0.3) is 0 Å². The molecule has 1 saturated heterocycles. The summed E-state index contributed by atoms with van der Waals surface area (Å²) < 4.78 is 50.3. The molecule has 1 aliphatic carbocycles. The number of halogens is 4. The molecule has 1 aliphatic heterocycles. The first kappa shape index (κ1) is 15.8. The smallest absolute Gasteiger partial charge is 0.301 e. The molecule has 1 atom stereocenters. The Morgan fingerprint density at radius 2 is 1.70 bits per heavy atom. The van der Waals surface area contributed by atoms with E-state index in [1.807, 2.05) is 0 Å². The van der Waals surface area contributed by atoms with Gasteiger partial charge in [0.05, 0.1) is 6.54 Å². The van der Waals surface area contributed by atoms with Gasteiger partial charge in [0.1, 0.15) is 0 Å². The van der Waals surface area contributed by atoms with E-state index in [2.05, 4.69) is 17.1 Å². The van der Waals surface area contributed by atoms with E-state index in [4.69, 9.17) is 0 Å². The molecule has 2 aliphatic rings. The molecule has 116 valence electrons. The lowest BCUT2D eigenvalue weighted by Crippen LogP contribution is -2.52. The summed E-state index contributed by atoms with van der Waals surface area (Å²) in [4.78, 5) is 3.71. The topological polar surface area (TPSA) is 6.48 Å². The number of piperazine rings is 1. The largest absolute Gasteiger partial charge is 0.319 e. The van der Waals surface area contributed by atoms with Gasteiger partial charge in [-0.15, -0.1) is 0 Å². The van der Waals surface area contributed by atoms with Crippen LogP contribution in [-0.2, 0) is 0 Å². The fourth-order valence-corrected chi connectivity index (χ4v) is 2.88. The lowest BCUT2D eigenvalue weighted by Gasteiger charge is -2.37. The molecule has 1 fully saturated rings. The zero-order valence-corrected chi connectivity index (χ0v) is 11.6. The summed E-state index contributed by atoms with van der Waals surface area (Å²) >= 11 is 0. The number of hydrogen-bond acceptors (Lipinski definition) is 2. The van der Waals surface area contributed by atoms with Crippen LogP contribution >= 0.6 is 0 Å². The predicted octanol–water partition coefficient (Wildman–Crippen LogP) is 2.86. The third-order valence-electron chi connectivity index (χ3n) is 4.11. The van der Waals surface area contributed by atoms with Gasteiger partial charge in [0, 0.05) is 32.7 Å². The molecule has 2 rings (SSSR count). The van der Waals surface area contributed by atoms with Crippen molar-refractivity contribution in [2.75, 3.05) is 39.3 Å². The Kier molecular flexibility index (Phi) is 5.43. The Hall–Kier alpha value is -0.620. The minimum absolute atomic E-state index is 0.449. The van der Waals surface area contributed by atoms with Gasteiger partial charge >= 0.3 is 12.3 Å². The maximum Gasteiger partial charge on any atom is 0.319 e. The summed E-state index contributed by atoms with van der Waals surface area (Å²) in [5.74, 6) is -3.25. The summed E-state index contributed by atoms with van der Waals surface area (Å²) in [6, 6.07) is 0. The molecule has 0 aromatic heterocycles. The number of hydrogen-bond donors (Lipinski definition) is 0. The van der Waals surface area contributed by atoms with E-state index in [1.165, 1.54) is 11.3 Å². The van der Waals surface area contributed by atoms with E-state index in [9.17, 15) is 17.6 Å². The van der Waals surface area contributed by atoms with Crippen molar-refractivity contribution in [3.05, 3.63) is 12.2 Å². The Morgan fingerprint density at radius 1 is 1.05 bits per heavy atom. The number of nitrogens with zero attached hydrogens (tertiary/aromatic N) is 2. The molecule has 20 heavy (non-hydrogen) atoms. The van der Waals surface area contributed by atoms with E-state index in [0.29, 0.717) is 32.1 Å². The molecule has 0 bridgehead atoms. The van der Waals surface area contributed by atoms with Gasteiger partial charge in [0.25, 0.3) is 0 Å². The lowest BCUT2D eigenvalue weighted by molar-refractivity contribution is -0.145. The third-order valence-corrected chi connectivity index (χ3v) is 4.11. The zero-order chi connectivity index (χ0) is 14.6. The second-order valence-electron chi connectivity index (χ2n) is 5.79. The van der Waals surface area contributed by atoms with Gasteiger partial charge in [-0.1, -0.05) is 12.2 Å². The summed E-state index contributed by atoms with van der Waals surface area (Å²) in [5, 5.41) is 0. The van der Waals surface area contributed by atoms with Gasteiger partial charge in [0.2, 0.25) is 0 Å². The van der Waals surface area contributed by atoms with Gasteiger partial charge in [-0.25, -0.2) is 8.78 Å². The molecular weight excluding hydrogens is 272 g/mol. The van der Waals surface area contributed by atoms with Crippen molar-refractivity contribution >= 4 is 0 Å². The molecule has 0 spiro atoms. The van der Waals surface area contributed by atoms with Crippen molar-refractivity contribution < 1.29 is 17.6 Å². The van der Waals surface area contributed by atoms with Crippen LogP contribution in [0.2, 0.25) is 0 Å². The maximum absolute atomic E-state index is 13.0. The van der Waals surface area contributed by atoms with E-state index in [0.717, 1.165) is 19.4 Å². The van der Waals surface area contributed by atoms with Gasteiger partial charge in [-0.3, -0.25) is 4.90 Å². The van der Waals surface area contributed by atoms with Crippen molar-refractivity contribution in [3.63, 3.8) is 0 Å². The summed E-state index contributed by atoms with van der Waals surface area (Å²) in [7, 11) is 0. The van der Waals surface area contributed by atoms with Crippen LogP contribution in [0.4, 0.5) is 17.6 Å². The van der Waals surface area contributed by atoms with Crippen LogP contribution in [0.5, 0.6) is 0 Å². The second-order valence-corrected chi connectivity index (χ2v) is 5.79. The van der Waals surface area contributed by atoms with Gasteiger partial charge in [0.15, 0.2) is 0 Å². The quantitative estimate of drug-likeness (QED) is 0.568. The Labute approximate surface area is 117 Å². The lowest BCUT2D eigenvalue weighted by atomic mass is 9.94. The van der Waals surface area contributed by atoms with Crippen molar-refractivity contribution in [1.29, 1.82) is 0 Å². The molecule has 0 aromatic rings. The first-order valence-electron chi connectivity index (χ1n) is 7.23. The monoisotopic (exact) mass is 294 g/mol. The van der Waals surface area contributed by atoms with Gasteiger partial charge < -0.3 is 4.90 Å². The third kappa shape index (κ3) is 4.45. The molecular formula is C14H22F4N2. The van der Waals surface area contributed by atoms with Crippen LogP contribution in [0.3, 0.4) is 0 Å². The highest BCUT2D eigenvalue weighted by Gasteiger charge is 2.42. The van der Waals surface area contributed by atoms with E-state index < -0.39 is 18.9 Å². The fourth-order valence-electron chi connectivity index (χ4n) is 2.88.